The first-order valence-corrected chi connectivity index (χ1v) is 16.9. The van der Waals surface area contributed by atoms with Crippen LogP contribution in [0.1, 0.15) is 13.3 Å². The molecule has 0 radical (unpaired) electrons. The van der Waals surface area contributed by atoms with Gasteiger partial charge in [-0.3, -0.25) is 9.59 Å². The number of hydrogen-bond acceptors (Lipinski definition) is 11. The Morgan fingerprint density at radius 1 is 0.825 bits per heavy atom. The number of thioether (sulfide) groups is 2. The van der Waals surface area contributed by atoms with Crippen molar-refractivity contribution in [3.63, 3.8) is 0 Å². The van der Waals surface area contributed by atoms with Crippen LogP contribution in [0.15, 0.2) is 41.3 Å². The standard InChI is InChI=1S/C27H40N2O8S3/c1-4-36-27(31)21-39-20-17-35-15-14-34-16-19-38-18-11-26(30)37-13-12-28-40(32,33)25-10-6-7-22-23(25)8-5-9-24(22)29(2)3/h5-10,28H,4,11-21H2,1-3H3. The third-order valence-corrected chi connectivity index (χ3v) is 8.74. The smallest absolute Gasteiger partial charge is 0.315 e. The van der Waals surface area contributed by atoms with Crippen LogP contribution in [-0.4, -0.2) is 104 Å². The number of anilines is 1. The summed E-state index contributed by atoms with van der Waals surface area (Å²) in [5.74, 6) is 1.80. The SMILES string of the molecule is CCOC(=O)CSCCOCCOCCSCCC(=O)OCCNS(=O)(=O)c1cccc2c(N(C)C)cccc12. The second kappa shape index (κ2) is 19.2. The first-order chi connectivity index (χ1) is 19.3. The van der Waals surface area contributed by atoms with E-state index >= 15 is 0 Å². The Labute approximate surface area is 245 Å². The second-order valence-electron chi connectivity index (χ2n) is 8.59. The number of esters is 2. The lowest BCUT2D eigenvalue weighted by Gasteiger charge is -2.17. The van der Waals surface area contributed by atoms with Crippen LogP contribution in [0.5, 0.6) is 0 Å². The quantitative estimate of drug-likeness (QED) is 0.164. The Morgan fingerprint density at radius 3 is 2.20 bits per heavy atom. The first-order valence-electron chi connectivity index (χ1n) is 13.1. The van der Waals surface area contributed by atoms with Gasteiger partial charge in [-0.05, 0) is 19.1 Å². The zero-order valence-corrected chi connectivity index (χ0v) is 25.8. The van der Waals surface area contributed by atoms with E-state index in [1.165, 1.54) is 11.8 Å². The largest absolute Gasteiger partial charge is 0.465 e. The van der Waals surface area contributed by atoms with E-state index in [0.717, 1.165) is 22.6 Å². The molecule has 0 spiro atoms. The maximum atomic E-state index is 12.9. The molecule has 0 amide bonds. The van der Waals surface area contributed by atoms with Gasteiger partial charge in [0.1, 0.15) is 6.61 Å². The average Bonchev–Trinajstić information content (AvgIpc) is 2.93. The lowest BCUT2D eigenvalue weighted by molar-refractivity contribution is -0.143. The predicted octanol–water partition coefficient (Wildman–Crippen LogP) is 3.18. The molecule has 0 saturated heterocycles. The van der Waals surface area contributed by atoms with E-state index in [1.54, 1.807) is 36.9 Å². The molecule has 0 aliphatic heterocycles. The molecule has 0 aliphatic carbocycles. The Kier molecular flexibility index (Phi) is 16.4. The van der Waals surface area contributed by atoms with E-state index in [4.69, 9.17) is 18.9 Å². The second-order valence-corrected chi connectivity index (χ2v) is 12.7. The zero-order valence-electron chi connectivity index (χ0n) is 23.4. The molecule has 224 valence electrons. The van der Waals surface area contributed by atoms with Crippen LogP contribution >= 0.6 is 23.5 Å². The molecule has 13 heteroatoms. The predicted molar refractivity (Wildman–Crippen MR) is 162 cm³/mol. The molecular weight excluding hydrogens is 577 g/mol. The van der Waals surface area contributed by atoms with E-state index < -0.39 is 10.0 Å². The van der Waals surface area contributed by atoms with Crippen molar-refractivity contribution >= 4 is 61.9 Å². The third kappa shape index (κ3) is 12.6. The maximum absolute atomic E-state index is 12.9. The number of sulfonamides is 1. The normalized spacial score (nSPS) is 11.5. The number of carbonyl (C=O) groups excluding carboxylic acids is 2. The van der Waals surface area contributed by atoms with Crippen molar-refractivity contribution in [3.05, 3.63) is 36.4 Å². The molecule has 0 aromatic heterocycles. The van der Waals surface area contributed by atoms with Crippen LogP contribution in [0.2, 0.25) is 0 Å². The minimum atomic E-state index is -3.78. The molecule has 2 aromatic carbocycles. The van der Waals surface area contributed by atoms with E-state index in [2.05, 4.69) is 4.72 Å². The molecule has 10 nitrogen and oxygen atoms in total. The molecule has 0 unspecified atom stereocenters. The highest BCUT2D eigenvalue weighted by Crippen LogP contribution is 2.30. The van der Waals surface area contributed by atoms with Crippen molar-refractivity contribution in [1.29, 1.82) is 0 Å². The van der Waals surface area contributed by atoms with E-state index in [0.29, 0.717) is 49.9 Å². The summed E-state index contributed by atoms with van der Waals surface area (Å²) in [6.07, 6.45) is 0.237. The van der Waals surface area contributed by atoms with Gasteiger partial charge in [-0.25, -0.2) is 13.1 Å². The number of nitrogens with zero attached hydrogens (tertiary/aromatic N) is 1. The highest BCUT2D eigenvalue weighted by Gasteiger charge is 2.18. The van der Waals surface area contributed by atoms with Gasteiger partial charge < -0.3 is 23.8 Å². The van der Waals surface area contributed by atoms with Gasteiger partial charge in [-0.15, -0.1) is 11.8 Å². The van der Waals surface area contributed by atoms with Gasteiger partial charge in [0.05, 0.1) is 50.1 Å². The molecule has 1 N–H and O–H groups in total. The van der Waals surface area contributed by atoms with Gasteiger partial charge in [-0.2, -0.15) is 11.8 Å². The van der Waals surface area contributed by atoms with Crippen molar-refractivity contribution in [2.75, 3.05) is 88.2 Å². The van der Waals surface area contributed by atoms with Crippen LogP contribution in [-0.2, 0) is 38.6 Å². The van der Waals surface area contributed by atoms with Crippen LogP contribution in [0, 0.1) is 0 Å². The summed E-state index contributed by atoms with van der Waals surface area (Å²) >= 11 is 3.05. The lowest BCUT2D eigenvalue weighted by Crippen LogP contribution is -2.28. The summed E-state index contributed by atoms with van der Waals surface area (Å²) in [4.78, 5) is 25.3. The fraction of sp³-hybridized carbons (Fsp3) is 0.556. The Morgan fingerprint density at radius 2 is 1.50 bits per heavy atom. The summed E-state index contributed by atoms with van der Waals surface area (Å²) in [6, 6.07) is 10.7. The van der Waals surface area contributed by atoms with Gasteiger partial charge in [0.15, 0.2) is 0 Å². The molecule has 0 fully saturated rings. The number of ether oxygens (including phenoxy) is 4. The molecule has 0 atom stereocenters. The topological polar surface area (TPSA) is 120 Å². The minimum absolute atomic E-state index is 0.00896. The van der Waals surface area contributed by atoms with Crippen molar-refractivity contribution in [2.45, 2.75) is 18.2 Å². The molecule has 0 saturated carbocycles. The number of fused-ring (bicyclic) bond motifs is 1. The molecule has 2 aromatic rings. The highest BCUT2D eigenvalue weighted by atomic mass is 32.2. The number of carbonyl (C=O) groups is 2. The van der Waals surface area contributed by atoms with Gasteiger partial charge >= 0.3 is 11.9 Å². The fourth-order valence-electron chi connectivity index (χ4n) is 3.55. The first kappa shape index (κ1) is 34.2. The molecular formula is C27H40N2O8S3. The molecule has 40 heavy (non-hydrogen) atoms. The molecule has 0 aliphatic rings. The van der Waals surface area contributed by atoms with E-state index in [1.807, 2.05) is 37.2 Å². The number of benzene rings is 2. The zero-order chi connectivity index (χ0) is 29.2. The van der Waals surface area contributed by atoms with Crippen molar-refractivity contribution in [2.24, 2.45) is 0 Å². The monoisotopic (exact) mass is 616 g/mol. The summed E-state index contributed by atoms with van der Waals surface area (Å²) in [5.41, 5.74) is 0.928. The van der Waals surface area contributed by atoms with Crippen LogP contribution in [0.4, 0.5) is 5.69 Å². The number of hydrogen-bond donors (Lipinski definition) is 1. The van der Waals surface area contributed by atoms with Gasteiger partial charge in [0, 0.05) is 54.4 Å². The number of nitrogens with one attached hydrogen (secondary N) is 1. The average molecular weight is 617 g/mol. The van der Waals surface area contributed by atoms with Crippen molar-refractivity contribution in [1.82, 2.24) is 4.72 Å². The van der Waals surface area contributed by atoms with Crippen LogP contribution in [0.25, 0.3) is 10.8 Å². The van der Waals surface area contributed by atoms with Crippen LogP contribution < -0.4 is 9.62 Å². The maximum Gasteiger partial charge on any atom is 0.315 e. The Hall–Kier alpha value is -2.03. The fourth-order valence-corrected chi connectivity index (χ4v) is 6.17. The van der Waals surface area contributed by atoms with E-state index in [-0.39, 0.29) is 36.4 Å². The van der Waals surface area contributed by atoms with Gasteiger partial charge in [0.25, 0.3) is 0 Å². The molecule has 0 heterocycles. The summed E-state index contributed by atoms with van der Waals surface area (Å²) in [6.45, 7) is 4.19. The van der Waals surface area contributed by atoms with E-state index in [9.17, 15) is 18.0 Å². The Bertz CT molecular complexity index is 1160. The summed E-state index contributed by atoms with van der Waals surface area (Å²) in [7, 11) is 0.0423. The Balaban J connectivity index is 1.52. The summed E-state index contributed by atoms with van der Waals surface area (Å²) in [5, 5.41) is 1.48. The molecule has 0 bridgehead atoms. The van der Waals surface area contributed by atoms with Crippen molar-refractivity contribution in [3.8, 4) is 0 Å². The van der Waals surface area contributed by atoms with Gasteiger partial charge in [0.2, 0.25) is 10.0 Å². The lowest BCUT2D eigenvalue weighted by atomic mass is 10.1. The van der Waals surface area contributed by atoms with Gasteiger partial charge in [-0.1, -0.05) is 24.3 Å². The number of rotatable bonds is 21. The van der Waals surface area contributed by atoms with Crippen LogP contribution in [0.3, 0.4) is 0 Å². The highest BCUT2D eigenvalue weighted by molar-refractivity contribution is 8.00. The minimum Gasteiger partial charge on any atom is -0.465 e. The van der Waals surface area contributed by atoms with Crippen molar-refractivity contribution < 1.29 is 37.0 Å². The summed E-state index contributed by atoms with van der Waals surface area (Å²) < 4.78 is 49.3. The molecule has 2 rings (SSSR count). The third-order valence-electron chi connectivity index (χ3n) is 5.38.